The van der Waals surface area contributed by atoms with Crippen LogP contribution in [0.3, 0.4) is 0 Å². The van der Waals surface area contributed by atoms with Crippen LogP contribution in [0.5, 0.6) is 5.75 Å². The minimum Gasteiger partial charge on any atom is -0.483 e. The lowest BCUT2D eigenvalue weighted by Crippen LogP contribution is -2.44. The standard InChI is InChI=1S/C38H39BrN2O4/c1-37(2)18-28-35(30(42)20-37)34(25-15-16-32(27(39)17-25)45-23-33(44)40-26-13-9-6-10-14-26)36-29(19-38(3,4)21-31(36)43)41(28)22-24-11-7-5-8-12-24/h5-17,34H,18-23H2,1-4H3,(H,40,44). The predicted octanol–water partition coefficient (Wildman–Crippen LogP) is 8.35. The highest BCUT2D eigenvalue weighted by atomic mass is 79.9. The fourth-order valence-electron chi connectivity index (χ4n) is 7.01. The molecule has 45 heavy (non-hydrogen) atoms. The quantitative estimate of drug-likeness (QED) is 0.274. The van der Waals surface area contributed by atoms with E-state index in [0.29, 0.717) is 35.3 Å². The SMILES string of the molecule is CC1(C)CC(=O)C2=C(C1)N(Cc1ccccc1)C1=C(C(=O)CC(C)(C)C1)C2c1ccc(OCC(=O)Nc2ccccc2)c(Br)c1. The van der Waals surface area contributed by atoms with Gasteiger partial charge in [-0.05, 0) is 75.0 Å². The molecule has 0 radical (unpaired) electrons. The monoisotopic (exact) mass is 666 g/mol. The van der Waals surface area contributed by atoms with Crippen molar-refractivity contribution < 1.29 is 19.1 Å². The predicted molar refractivity (Wildman–Crippen MR) is 180 cm³/mol. The number of hydrogen-bond acceptors (Lipinski definition) is 5. The van der Waals surface area contributed by atoms with Crippen molar-refractivity contribution in [3.63, 3.8) is 0 Å². The summed E-state index contributed by atoms with van der Waals surface area (Å²) >= 11 is 3.66. The molecule has 6 rings (SSSR count). The highest BCUT2D eigenvalue weighted by Crippen LogP contribution is 2.55. The van der Waals surface area contributed by atoms with Gasteiger partial charge in [-0.2, -0.15) is 0 Å². The topological polar surface area (TPSA) is 75.7 Å². The first-order valence-electron chi connectivity index (χ1n) is 15.5. The molecule has 1 heterocycles. The Balaban J connectivity index is 1.39. The van der Waals surface area contributed by atoms with Crippen molar-refractivity contribution in [3.8, 4) is 5.75 Å². The number of Topliss-reactive ketones (excluding diaryl/α,β-unsaturated/α-hetero) is 2. The molecule has 0 aromatic heterocycles. The second-order valence-corrected chi connectivity index (χ2v) is 14.9. The molecule has 0 bridgehead atoms. The van der Waals surface area contributed by atoms with Crippen LogP contribution in [0.25, 0.3) is 0 Å². The highest BCUT2D eigenvalue weighted by molar-refractivity contribution is 9.10. The average molecular weight is 668 g/mol. The van der Waals surface area contributed by atoms with Crippen LogP contribution in [0, 0.1) is 10.8 Å². The first-order chi connectivity index (χ1) is 21.4. The zero-order valence-electron chi connectivity index (χ0n) is 26.3. The van der Waals surface area contributed by atoms with Crippen LogP contribution < -0.4 is 10.1 Å². The van der Waals surface area contributed by atoms with E-state index < -0.39 is 5.92 Å². The number of carbonyl (C=O) groups is 3. The van der Waals surface area contributed by atoms with Gasteiger partial charge in [0.15, 0.2) is 18.2 Å². The summed E-state index contributed by atoms with van der Waals surface area (Å²) < 4.78 is 6.54. The van der Waals surface area contributed by atoms with Gasteiger partial charge in [0.2, 0.25) is 0 Å². The van der Waals surface area contributed by atoms with Crippen LogP contribution in [0.4, 0.5) is 5.69 Å². The third-order valence-electron chi connectivity index (χ3n) is 8.91. The molecule has 0 fully saturated rings. The summed E-state index contributed by atoms with van der Waals surface area (Å²) in [5.74, 6) is -0.0107. The van der Waals surface area contributed by atoms with Crippen molar-refractivity contribution in [1.82, 2.24) is 4.90 Å². The molecule has 0 spiro atoms. The number of allylic oxidation sites excluding steroid dienone is 4. The van der Waals surface area contributed by atoms with Crippen LogP contribution in [-0.2, 0) is 20.9 Å². The smallest absolute Gasteiger partial charge is 0.262 e. The molecule has 0 unspecified atom stereocenters. The zero-order chi connectivity index (χ0) is 31.9. The number of carbonyl (C=O) groups excluding carboxylic acids is 3. The Morgan fingerprint density at radius 2 is 1.38 bits per heavy atom. The van der Waals surface area contributed by atoms with Gasteiger partial charge in [0, 0.05) is 53.5 Å². The molecule has 3 aromatic carbocycles. The average Bonchev–Trinajstić information content (AvgIpc) is 2.97. The number of benzene rings is 3. The first kappa shape index (κ1) is 31.0. The molecule has 0 saturated carbocycles. The van der Waals surface area contributed by atoms with Crippen molar-refractivity contribution in [3.05, 3.63) is 117 Å². The molecule has 3 aromatic rings. The Bertz CT molecular complexity index is 1670. The van der Waals surface area contributed by atoms with E-state index in [1.165, 1.54) is 0 Å². The van der Waals surface area contributed by atoms with Gasteiger partial charge in [-0.15, -0.1) is 0 Å². The third kappa shape index (κ3) is 6.55. The largest absolute Gasteiger partial charge is 0.483 e. The number of ether oxygens (including phenoxy) is 1. The summed E-state index contributed by atoms with van der Waals surface area (Å²) in [5.41, 5.74) is 5.85. The van der Waals surface area contributed by atoms with Crippen LogP contribution in [0.15, 0.2) is 106 Å². The molecule has 3 aliphatic rings. The molecule has 1 amide bonds. The van der Waals surface area contributed by atoms with E-state index >= 15 is 0 Å². The van der Waals surface area contributed by atoms with E-state index in [1.807, 2.05) is 66.7 Å². The summed E-state index contributed by atoms with van der Waals surface area (Å²) in [6.07, 6.45) is 2.37. The summed E-state index contributed by atoms with van der Waals surface area (Å²) in [5, 5.41) is 2.83. The summed E-state index contributed by atoms with van der Waals surface area (Å²) in [6, 6.07) is 25.2. The van der Waals surface area contributed by atoms with Gasteiger partial charge in [0.25, 0.3) is 5.91 Å². The molecule has 1 N–H and O–H groups in total. The van der Waals surface area contributed by atoms with Gasteiger partial charge < -0.3 is 15.0 Å². The second kappa shape index (κ2) is 12.1. The summed E-state index contributed by atoms with van der Waals surface area (Å²) in [7, 11) is 0. The number of hydrogen-bond donors (Lipinski definition) is 1. The number of halogens is 1. The van der Waals surface area contributed by atoms with Crippen LogP contribution in [-0.4, -0.2) is 29.0 Å². The molecule has 2 aliphatic carbocycles. The lowest BCUT2D eigenvalue weighted by atomic mass is 9.63. The van der Waals surface area contributed by atoms with Crippen molar-refractivity contribution in [2.75, 3.05) is 11.9 Å². The Hall–Kier alpha value is -3.97. The number of anilines is 1. The number of nitrogens with one attached hydrogen (secondary N) is 1. The van der Waals surface area contributed by atoms with Crippen molar-refractivity contribution in [2.45, 2.75) is 65.8 Å². The lowest BCUT2D eigenvalue weighted by molar-refractivity contribution is -0.120. The summed E-state index contributed by atoms with van der Waals surface area (Å²) in [6.45, 7) is 9.07. The Morgan fingerprint density at radius 3 is 1.93 bits per heavy atom. The molecule has 232 valence electrons. The minimum absolute atomic E-state index is 0.0996. The lowest BCUT2D eigenvalue weighted by Gasteiger charge is -2.49. The maximum atomic E-state index is 14.1. The maximum Gasteiger partial charge on any atom is 0.262 e. The van der Waals surface area contributed by atoms with Gasteiger partial charge in [0.05, 0.1) is 4.47 Å². The Kier molecular flexibility index (Phi) is 8.33. The van der Waals surface area contributed by atoms with E-state index in [-0.39, 0.29) is 34.9 Å². The van der Waals surface area contributed by atoms with E-state index in [2.05, 4.69) is 66.0 Å². The van der Waals surface area contributed by atoms with Gasteiger partial charge in [-0.3, -0.25) is 14.4 Å². The second-order valence-electron chi connectivity index (χ2n) is 14.0. The van der Waals surface area contributed by atoms with Crippen molar-refractivity contribution in [1.29, 1.82) is 0 Å². The minimum atomic E-state index is -0.457. The molecule has 6 nitrogen and oxygen atoms in total. The number of rotatable bonds is 7. The Labute approximate surface area is 273 Å². The zero-order valence-corrected chi connectivity index (χ0v) is 27.9. The Morgan fingerprint density at radius 1 is 0.822 bits per heavy atom. The number of nitrogens with zero attached hydrogens (tertiary/aromatic N) is 1. The van der Waals surface area contributed by atoms with Crippen molar-refractivity contribution >= 4 is 39.1 Å². The van der Waals surface area contributed by atoms with Crippen LogP contribution in [0.2, 0.25) is 0 Å². The van der Waals surface area contributed by atoms with E-state index in [0.717, 1.165) is 46.5 Å². The maximum absolute atomic E-state index is 14.1. The van der Waals surface area contributed by atoms with Gasteiger partial charge in [-0.1, -0.05) is 82.3 Å². The number of amides is 1. The normalized spacial score (nSPS) is 19.3. The number of ketones is 2. The third-order valence-corrected chi connectivity index (χ3v) is 9.53. The van der Waals surface area contributed by atoms with Crippen LogP contribution in [0.1, 0.15) is 70.4 Å². The van der Waals surface area contributed by atoms with E-state index in [4.69, 9.17) is 4.74 Å². The first-order valence-corrected chi connectivity index (χ1v) is 16.3. The van der Waals surface area contributed by atoms with Crippen LogP contribution >= 0.6 is 15.9 Å². The molecule has 7 heteroatoms. The van der Waals surface area contributed by atoms with Gasteiger partial charge in [-0.25, -0.2) is 0 Å². The van der Waals surface area contributed by atoms with Gasteiger partial charge >= 0.3 is 0 Å². The molecule has 0 atom stereocenters. The van der Waals surface area contributed by atoms with E-state index in [1.54, 1.807) is 0 Å². The highest BCUT2D eigenvalue weighted by Gasteiger charge is 2.49. The molecule has 0 saturated heterocycles. The molecule has 1 aliphatic heterocycles. The fraction of sp³-hybridized carbons (Fsp3) is 0.342. The molecular formula is C38H39BrN2O4. The van der Waals surface area contributed by atoms with Gasteiger partial charge in [0.1, 0.15) is 5.75 Å². The van der Waals surface area contributed by atoms with E-state index in [9.17, 15) is 14.4 Å². The van der Waals surface area contributed by atoms with Crippen molar-refractivity contribution in [2.24, 2.45) is 10.8 Å². The molecular weight excluding hydrogens is 628 g/mol. The summed E-state index contributed by atoms with van der Waals surface area (Å²) in [4.78, 5) is 43.0. The fourth-order valence-corrected chi connectivity index (χ4v) is 7.52. The number of para-hydroxylation sites is 1.